The van der Waals surface area contributed by atoms with E-state index in [0.717, 1.165) is 6.07 Å². The van der Waals surface area contributed by atoms with Crippen LogP contribution in [0.1, 0.15) is 10.4 Å². The van der Waals surface area contributed by atoms with Crippen molar-refractivity contribution in [1.29, 1.82) is 0 Å². The molecule has 7 nitrogen and oxygen atoms in total. The van der Waals surface area contributed by atoms with Gasteiger partial charge < -0.3 is 20.9 Å². The molecule has 2 aromatic rings. The average Bonchev–Trinajstić information content (AvgIpc) is 2.41. The van der Waals surface area contributed by atoms with Crippen LogP contribution in [-0.4, -0.2) is 23.0 Å². The summed E-state index contributed by atoms with van der Waals surface area (Å²) in [5, 5.41) is 0. The number of nitrogens with two attached hydrogens (primary N) is 2. The Morgan fingerprint density at radius 1 is 1.30 bits per heavy atom. The molecule has 1 heterocycles. The molecule has 1 aromatic carbocycles. The van der Waals surface area contributed by atoms with Gasteiger partial charge >= 0.3 is 0 Å². The van der Waals surface area contributed by atoms with E-state index in [2.05, 4.69) is 9.97 Å². The van der Waals surface area contributed by atoms with Gasteiger partial charge in [0, 0.05) is 6.07 Å². The summed E-state index contributed by atoms with van der Waals surface area (Å²) in [7, 11) is 1.39. The van der Waals surface area contributed by atoms with E-state index in [0.29, 0.717) is 0 Å². The lowest BCUT2D eigenvalue weighted by Gasteiger charge is -2.09. The predicted molar refractivity (Wildman–Crippen MR) is 68.0 cm³/mol. The molecule has 104 valence electrons. The summed E-state index contributed by atoms with van der Waals surface area (Å²) in [5.41, 5.74) is 10.6. The maximum atomic E-state index is 13.6. The number of carbonyl (C=O) groups is 1. The highest BCUT2D eigenvalue weighted by atomic mass is 19.1. The van der Waals surface area contributed by atoms with Crippen molar-refractivity contribution in [3.63, 3.8) is 0 Å². The van der Waals surface area contributed by atoms with Crippen LogP contribution in [0.15, 0.2) is 24.5 Å². The van der Waals surface area contributed by atoms with Crippen molar-refractivity contribution in [1.82, 2.24) is 9.97 Å². The molecule has 0 aliphatic carbocycles. The first kappa shape index (κ1) is 13.5. The molecule has 20 heavy (non-hydrogen) atoms. The normalized spacial score (nSPS) is 10.1. The molecule has 0 saturated carbocycles. The van der Waals surface area contributed by atoms with Crippen LogP contribution in [0.2, 0.25) is 0 Å². The lowest BCUT2D eigenvalue weighted by atomic mass is 10.2. The summed E-state index contributed by atoms with van der Waals surface area (Å²) in [6, 6.07) is 3.59. The highest BCUT2D eigenvalue weighted by molar-refractivity contribution is 5.93. The number of halogens is 1. The van der Waals surface area contributed by atoms with E-state index in [1.807, 2.05) is 0 Å². The van der Waals surface area contributed by atoms with Gasteiger partial charge in [0.15, 0.2) is 5.69 Å². The molecular weight excluding hydrogens is 267 g/mol. The van der Waals surface area contributed by atoms with E-state index in [1.165, 1.54) is 25.6 Å². The van der Waals surface area contributed by atoms with Gasteiger partial charge in [0.05, 0.1) is 12.7 Å². The van der Waals surface area contributed by atoms with Gasteiger partial charge in [-0.05, 0) is 12.1 Å². The van der Waals surface area contributed by atoms with Gasteiger partial charge in [0.1, 0.15) is 17.9 Å². The first-order valence-corrected chi connectivity index (χ1v) is 5.44. The number of benzene rings is 1. The quantitative estimate of drug-likeness (QED) is 0.865. The fraction of sp³-hybridized carbons (Fsp3) is 0.0833. The summed E-state index contributed by atoms with van der Waals surface area (Å²) in [4.78, 5) is 18.5. The number of anilines is 1. The SMILES string of the molecule is COc1ncnc(Oc2ccc(C(N)=O)c(F)c2)c1N. The molecular formula is C12H11FN4O3. The van der Waals surface area contributed by atoms with E-state index < -0.39 is 11.7 Å². The monoisotopic (exact) mass is 278 g/mol. The third-order valence-electron chi connectivity index (χ3n) is 2.42. The van der Waals surface area contributed by atoms with Gasteiger partial charge in [0.25, 0.3) is 5.91 Å². The number of ether oxygens (including phenoxy) is 2. The lowest BCUT2D eigenvalue weighted by Crippen LogP contribution is -2.12. The Bertz CT molecular complexity index is 663. The minimum absolute atomic E-state index is 0.0167. The molecule has 0 aliphatic heterocycles. The van der Waals surface area contributed by atoms with Crippen molar-refractivity contribution in [2.45, 2.75) is 0 Å². The van der Waals surface area contributed by atoms with Crippen LogP contribution < -0.4 is 20.9 Å². The number of aromatic nitrogens is 2. The van der Waals surface area contributed by atoms with Crippen molar-refractivity contribution >= 4 is 11.6 Å². The van der Waals surface area contributed by atoms with Crippen molar-refractivity contribution in [3.8, 4) is 17.5 Å². The van der Waals surface area contributed by atoms with Crippen LogP contribution in [-0.2, 0) is 0 Å². The van der Waals surface area contributed by atoms with Gasteiger partial charge in [-0.2, -0.15) is 9.97 Å². The van der Waals surface area contributed by atoms with Crippen LogP contribution in [0.3, 0.4) is 0 Å². The highest BCUT2D eigenvalue weighted by Crippen LogP contribution is 2.30. The fourth-order valence-electron chi connectivity index (χ4n) is 1.48. The largest absolute Gasteiger partial charge is 0.479 e. The van der Waals surface area contributed by atoms with E-state index in [-0.39, 0.29) is 28.8 Å². The van der Waals surface area contributed by atoms with Gasteiger partial charge in [-0.1, -0.05) is 0 Å². The molecule has 0 spiro atoms. The van der Waals surface area contributed by atoms with Crippen molar-refractivity contribution in [3.05, 3.63) is 35.9 Å². The number of amides is 1. The molecule has 0 aliphatic rings. The van der Waals surface area contributed by atoms with Gasteiger partial charge in [0.2, 0.25) is 11.8 Å². The third-order valence-corrected chi connectivity index (χ3v) is 2.42. The maximum Gasteiger partial charge on any atom is 0.251 e. The van der Waals surface area contributed by atoms with Crippen LogP contribution in [0.5, 0.6) is 17.5 Å². The van der Waals surface area contributed by atoms with Crippen LogP contribution >= 0.6 is 0 Å². The number of nitrogen functional groups attached to an aromatic ring is 1. The molecule has 2 rings (SSSR count). The molecule has 0 bridgehead atoms. The fourth-order valence-corrected chi connectivity index (χ4v) is 1.48. The zero-order chi connectivity index (χ0) is 14.7. The molecule has 0 radical (unpaired) electrons. The Morgan fingerprint density at radius 3 is 2.60 bits per heavy atom. The Kier molecular flexibility index (Phi) is 3.65. The second kappa shape index (κ2) is 5.39. The molecule has 0 atom stereocenters. The van der Waals surface area contributed by atoms with Gasteiger partial charge in [-0.15, -0.1) is 0 Å². The number of methoxy groups -OCH3 is 1. The van der Waals surface area contributed by atoms with Crippen LogP contribution in [0.25, 0.3) is 0 Å². The molecule has 0 saturated heterocycles. The Hall–Kier alpha value is -2.90. The Labute approximate surface area is 113 Å². The molecule has 1 aromatic heterocycles. The summed E-state index contributed by atoms with van der Waals surface area (Å²) in [6.45, 7) is 0. The summed E-state index contributed by atoms with van der Waals surface area (Å²) >= 11 is 0. The Morgan fingerprint density at radius 2 is 2.00 bits per heavy atom. The number of primary amides is 1. The number of rotatable bonds is 4. The zero-order valence-electron chi connectivity index (χ0n) is 10.5. The molecule has 0 unspecified atom stereocenters. The first-order chi connectivity index (χ1) is 9.52. The van der Waals surface area contributed by atoms with Crippen LogP contribution in [0.4, 0.5) is 10.1 Å². The summed E-state index contributed by atoms with van der Waals surface area (Å²) in [5.74, 6) is -1.39. The average molecular weight is 278 g/mol. The number of hydrogen-bond acceptors (Lipinski definition) is 6. The van der Waals surface area contributed by atoms with Crippen molar-refractivity contribution in [2.24, 2.45) is 5.73 Å². The highest BCUT2D eigenvalue weighted by Gasteiger charge is 2.13. The minimum Gasteiger partial charge on any atom is -0.479 e. The standard InChI is InChI=1S/C12H11FN4O3/c1-19-11-9(14)12(17-5-16-11)20-6-2-3-7(10(15)18)8(13)4-6/h2-5H,14H2,1H3,(H2,15,18). The zero-order valence-corrected chi connectivity index (χ0v) is 10.5. The second-order valence-electron chi connectivity index (χ2n) is 3.71. The number of nitrogens with zero attached hydrogens (tertiary/aromatic N) is 2. The van der Waals surface area contributed by atoms with Crippen molar-refractivity contribution in [2.75, 3.05) is 12.8 Å². The lowest BCUT2D eigenvalue weighted by molar-refractivity contribution is 0.0996. The molecule has 4 N–H and O–H groups in total. The van der Waals surface area contributed by atoms with Crippen molar-refractivity contribution < 1.29 is 18.7 Å². The third kappa shape index (κ3) is 2.58. The van der Waals surface area contributed by atoms with E-state index in [1.54, 1.807) is 0 Å². The Balaban J connectivity index is 2.31. The second-order valence-corrected chi connectivity index (χ2v) is 3.71. The van der Waals surface area contributed by atoms with E-state index in [4.69, 9.17) is 20.9 Å². The van der Waals surface area contributed by atoms with Gasteiger partial charge in [-0.3, -0.25) is 4.79 Å². The summed E-state index contributed by atoms with van der Waals surface area (Å²) < 4.78 is 23.8. The smallest absolute Gasteiger partial charge is 0.251 e. The van der Waals surface area contributed by atoms with Crippen LogP contribution in [0, 0.1) is 5.82 Å². The maximum absolute atomic E-state index is 13.6. The number of hydrogen-bond donors (Lipinski definition) is 2. The van der Waals surface area contributed by atoms with Gasteiger partial charge in [-0.25, -0.2) is 4.39 Å². The van der Waals surface area contributed by atoms with E-state index in [9.17, 15) is 9.18 Å². The molecule has 0 fully saturated rings. The molecule has 8 heteroatoms. The topological polar surface area (TPSA) is 113 Å². The van der Waals surface area contributed by atoms with E-state index >= 15 is 0 Å². The summed E-state index contributed by atoms with van der Waals surface area (Å²) in [6.07, 6.45) is 1.19. The first-order valence-electron chi connectivity index (χ1n) is 5.44. The molecule has 1 amide bonds. The number of carbonyl (C=O) groups excluding carboxylic acids is 1. The minimum atomic E-state index is -0.864. The predicted octanol–water partition coefficient (Wildman–Crippen LogP) is 1.10.